The van der Waals surface area contributed by atoms with E-state index in [9.17, 15) is 0 Å². The van der Waals surface area contributed by atoms with Gasteiger partial charge in [0.1, 0.15) is 0 Å². The maximum absolute atomic E-state index is 9.06. The van der Waals surface area contributed by atoms with Crippen molar-refractivity contribution in [3.63, 3.8) is 0 Å². The van der Waals surface area contributed by atoms with E-state index in [0.29, 0.717) is 13.2 Å². The molecular formula is C13H23N3O2. The Labute approximate surface area is 109 Å². The van der Waals surface area contributed by atoms with Crippen molar-refractivity contribution in [2.24, 2.45) is 5.73 Å². The van der Waals surface area contributed by atoms with E-state index in [-0.39, 0.29) is 12.6 Å². The molecule has 0 amide bonds. The van der Waals surface area contributed by atoms with Gasteiger partial charge in [0.25, 0.3) is 0 Å². The molecule has 3 N–H and O–H groups in total. The molecule has 0 spiro atoms. The van der Waals surface area contributed by atoms with E-state index in [0.717, 1.165) is 24.3 Å². The van der Waals surface area contributed by atoms with Crippen LogP contribution in [0.1, 0.15) is 25.1 Å². The number of methoxy groups -OCH3 is 1. The number of hydrogen-bond donors (Lipinski definition) is 2. The molecular weight excluding hydrogens is 230 g/mol. The van der Waals surface area contributed by atoms with Gasteiger partial charge in [-0.2, -0.15) is 0 Å². The van der Waals surface area contributed by atoms with Gasteiger partial charge in [0.2, 0.25) is 0 Å². The highest BCUT2D eigenvalue weighted by Crippen LogP contribution is 2.16. The van der Waals surface area contributed by atoms with Gasteiger partial charge in [-0.05, 0) is 18.6 Å². The molecule has 0 fully saturated rings. The molecule has 0 radical (unpaired) electrons. The maximum Gasteiger partial charge on any atom is 0.0637 e. The molecule has 0 aliphatic heterocycles. The number of aliphatic hydroxyl groups is 1. The van der Waals surface area contributed by atoms with Crippen molar-refractivity contribution in [1.29, 1.82) is 0 Å². The molecule has 0 unspecified atom stereocenters. The van der Waals surface area contributed by atoms with E-state index in [1.807, 2.05) is 24.0 Å². The van der Waals surface area contributed by atoms with Gasteiger partial charge >= 0.3 is 0 Å². The summed E-state index contributed by atoms with van der Waals surface area (Å²) in [5.41, 5.74) is 7.80. The predicted molar refractivity (Wildman–Crippen MR) is 72.6 cm³/mol. The lowest BCUT2D eigenvalue weighted by Crippen LogP contribution is -2.30. The van der Waals surface area contributed by atoms with Crippen LogP contribution in [0, 0.1) is 0 Å². The Morgan fingerprint density at radius 1 is 1.44 bits per heavy atom. The first-order valence-electron chi connectivity index (χ1n) is 6.29. The van der Waals surface area contributed by atoms with Crippen LogP contribution in [0.2, 0.25) is 0 Å². The summed E-state index contributed by atoms with van der Waals surface area (Å²) in [6.45, 7) is 4.08. The Hall–Kier alpha value is -1.17. The third kappa shape index (κ3) is 4.25. The molecule has 1 aromatic heterocycles. The molecule has 0 saturated carbocycles. The minimum Gasteiger partial charge on any atom is -0.395 e. The van der Waals surface area contributed by atoms with Gasteiger partial charge in [0.15, 0.2) is 0 Å². The average Bonchev–Trinajstić information content (AvgIpc) is 2.43. The fourth-order valence-electron chi connectivity index (χ4n) is 1.71. The Morgan fingerprint density at radius 3 is 2.72 bits per heavy atom. The fraction of sp³-hybridized carbons (Fsp3) is 0.615. The first-order valence-corrected chi connectivity index (χ1v) is 6.29. The van der Waals surface area contributed by atoms with Crippen LogP contribution in [0.3, 0.4) is 0 Å². The summed E-state index contributed by atoms with van der Waals surface area (Å²) in [5, 5.41) is 9.06. The average molecular weight is 253 g/mol. The van der Waals surface area contributed by atoms with Crippen LogP contribution in [-0.4, -0.2) is 43.5 Å². The van der Waals surface area contributed by atoms with Crippen molar-refractivity contribution in [2.45, 2.75) is 19.4 Å². The van der Waals surface area contributed by atoms with Crippen molar-refractivity contribution in [3.8, 4) is 0 Å². The van der Waals surface area contributed by atoms with Crippen LogP contribution in [0.4, 0.5) is 5.69 Å². The largest absolute Gasteiger partial charge is 0.395 e. The van der Waals surface area contributed by atoms with Crippen molar-refractivity contribution in [2.75, 3.05) is 38.3 Å². The summed E-state index contributed by atoms with van der Waals surface area (Å²) < 4.78 is 5.06. The van der Waals surface area contributed by atoms with Gasteiger partial charge in [-0.15, -0.1) is 0 Å². The fourth-order valence-corrected chi connectivity index (χ4v) is 1.71. The van der Waals surface area contributed by atoms with Crippen molar-refractivity contribution in [3.05, 3.63) is 24.0 Å². The van der Waals surface area contributed by atoms with Crippen LogP contribution in [0.5, 0.6) is 0 Å². The van der Waals surface area contributed by atoms with E-state index < -0.39 is 0 Å². The third-order valence-electron chi connectivity index (χ3n) is 2.89. The van der Waals surface area contributed by atoms with Gasteiger partial charge in [0.05, 0.1) is 30.8 Å². The highest BCUT2D eigenvalue weighted by molar-refractivity contribution is 5.44. The van der Waals surface area contributed by atoms with Gasteiger partial charge < -0.3 is 20.5 Å². The number of hydrogen-bond acceptors (Lipinski definition) is 5. The molecule has 0 saturated heterocycles. The highest BCUT2D eigenvalue weighted by Gasteiger charge is 2.08. The Bertz CT molecular complexity index is 330. The van der Waals surface area contributed by atoms with E-state index in [1.165, 1.54) is 0 Å². The molecule has 0 aliphatic carbocycles. The van der Waals surface area contributed by atoms with E-state index in [1.54, 1.807) is 13.3 Å². The van der Waals surface area contributed by atoms with Gasteiger partial charge in [0, 0.05) is 26.2 Å². The normalized spacial score (nSPS) is 12.4. The first-order chi connectivity index (χ1) is 8.72. The third-order valence-corrected chi connectivity index (χ3v) is 2.89. The summed E-state index contributed by atoms with van der Waals surface area (Å²) in [5.74, 6) is 0. The number of aromatic nitrogens is 1. The number of ether oxygens (including phenoxy) is 1. The predicted octanol–water partition coefficient (Wildman–Crippen LogP) is 0.936. The van der Waals surface area contributed by atoms with Crippen LogP contribution in [0.25, 0.3) is 0 Å². The van der Waals surface area contributed by atoms with Crippen LogP contribution in [-0.2, 0) is 4.74 Å². The van der Waals surface area contributed by atoms with E-state index in [4.69, 9.17) is 15.6 Å². The number of rotatable bonds is 8. The van der Waals surface area contributed by atoms with Crippen LogP contribution < -0.4 is 10.6 Å². The minimum absolute atomic E-state index is 0.00989. The molecule has 0 aromatic carbocycles. The maximum atomic E-state index is 9.06. The van der Waals surface area contributed by atoms with Crippen molar-refractivity contribution in [1.82, 2.24) is 4.98 Å². The lowest BCUT2D eigenvalue weighted by atomic mass is 10.1. The summed E-state index contributed by atoms with van der Waals surface area (Å²) in [6.07, 6.45) is 2.67. The summed E-state index contributed by atoms with van der Waals surface area (Å²) in [6, 6.07) is 3.92. The molecule has 0 bridgehead atoms. The SMILES string of the molecule is CC[C@@H](N)c1ccc(N(CCO)CCOC)cn1. The van der Waals surface area contributed by atoms with Gasteiger partial charge in [-0.3, -0.25) is 4.98 Å². The zero-order valence-electron chi connectivity index (χ0n) is 11.2. The number of nitrogens with zero attached hydrogens (tertiary/aromatic N) is 2. The van der Waals surface area contributed by atoms with E-state index >= 15 is 0 Å². The van der Waals surface area contributed by atoms with Crippen LogP contribution >= 0.6 is 0 Å². The monoisotopic (exact) mass is 253 g/mol. The zero-order chi connectivity index (χ0) is 13.4. The Kier molecular flexibility index (Phi) is 6.64. The summed E-state index contributed by atoms with van der Waals surface area (Å²) in [7, 11) is 1.67. The molecule has 5 nitrogen and oxygen atoms in total. The smallest absolute Gasteiger partial charge is 0.0637 e. The number of aliphatic hydroxyl groups excluding tert-OH is 1. The lowest BCUT2D eigenvalue weighted by molar-refractivity contribution is 0.203. The molecule has 1 atom stereocenters. The van der Waals surface area contributed by atoms with E-state index in [2.05, 4.69) is 4.98 Å². The number of nitrogens with two attached hydrogens (primary N) is 1. The van der Waals surface area contributed by atoms with Crippen molar-refractivity contribution < 1.29 is 9.84 Å². The molecule has 102 valence electrons. The summed E-state index contributed by atoms with van der Waals surface area (Å²) in [4.78, 5) is 6.41. The number of anilines is 1. The Balaban J connectivity index is 2.73. The molecule has 1 rings (SSSR count). The van der Waals surface area contributed by atoms with Crippen LogP contribution in [0.15, 0.2) is 18.3 Å². The first kappa shape index (κ1) is 14.9. The topological polar surface area (TPSA) is 71.6 Å². The zero-order valence-corrected chi connectivity index (χ0v) is 11.2. The van der Waals surface area contributed by atoms with Gasteiger partial charge in [-0.25, -0.2) is 0 Å². The minimum atomic E-state index is -0.00989. The Morgan fingerprint density at radius 2 is 2.22 bits per heavy atom. The second-order valence-electron chi connectivity index (χ2n) is 4.16. The molecule has 1 heterocycles. The highest BCUT2D eigenvalue weighted by atomic mass is 16.5. The quantitative estimate of drug-likeness (QED) is 0.721. The molecule has 18 heavy (non-hydrogen) atoms. The second-order valence-corrected chi connectivity index (χ2v) is 4.16. The lowest BCUT2D eigenvalue weighted by Gasteiger charge is -2.23. The van der Waals surface area contributed by atoms with Gasteiger partial charge in [-0.1, -0.05) is 6.92 Å². The molecule has 0 aliphatic rings. The second kappa shape index (κ2) is 8.02. The molecule has 1 aromatic rings. The molecule has 5 heteroatoms. The standard InChI is InChI=1S/C13H23N3O2/c1-3-12(14)13-5-4-11(10-15-13)16(6-8-17)7-9-18-2/h4-5,10,12,17H,3,6-9,14H2,1-2H3/t12-/m1/s1. The number of pyridine rings is 1. The summed E-state index contributed by atoms with van der Waals surface area (Å²) >= 11 is 0. The van der Waals surface area contributed by atoms with Crippen molar-refractivity contribution >= 4 is 5.69 Å².